The van der Waals surface area contributed by atoms with Crippen molar-refractivity contribution in [2.45, 2.75) is 77.5 Å². The molecule has 13 nitrogen and oxygen atoms in total. The summed E-state index contributed by atoms with van der Waals surface area (Å²) in [6.45, 7) is 10.8. The largest absolute Gasteiger partial charge is 0.464 e. The zero-order valence-electron chi connectivity index (χ0n) is 24.0. The molecule has 1 heterocycles. The maximum Gasteiger partial charge on any atom is 0.305 e. The van der Waals surface area contributed by atoms with Gasteiger partial charge in [0.05, 0.1) is 24.2 Å². The molecule has 39 heavy (non-hydrogen) atoms. The van der Waals surface area contributed by atoms with Gasteiger partial charge in [-0.15, -0.1) is 0 Å². The minimum absolute atomic E-state index is 0.146. The van der Waals surface area contributed by atoms with Crippen molar-refractivity contribution in [1.29, 1.82) is 0 Å². The Hall–Kier alpha value is -2.32. The molecular formula is C26H49N5O8. The van der Waals surface area contributed by atoms with Gasteiger partial charge in [-0.3, -0.25) is 19.2 Å². The van der Waals surface area contributed by atoms with Crippen LogP contribution in [-0.2, 0) is 38.1 Å². The van der Waals surface area contributed by atoms with E-state index in [1.165, 1.54) is 0 Å². The fourth-order valence-electron chi connectivity index (χ4n) is 3.51. The lowest BCUT2D eigenvalue weighted by Gasteiger charge is -2.27. The van der Waals surface area contributed by atoms with Gasteiger partial charge in [0.2, 0.25) is 0 Å². The summed E-state index contributed by atoms with van der Waals surface area (Å²) in [6, 6.07) is -0.837. The lowest BCUT2D eigenvalue weighted by Crippen LogP contribution is -2.53. The van der Waals surface area contributed by atoms with Crippen LogP contribution in [-0.4, -0.2) is 114 Å². The Morgan fingerprint density at radius 3 is 1.13 bits per heavy atom. The molecule has 0 aromatic carbocycles. The number of esters is 4. The fraction of sp³-hybridized carbons (Fsp3) is 0.846. The van der Waals surface area contributed by atoms with Crippen LogP contribution in [0.1, 0.15) is 53.4 Å². The van der Waals surface area contributed by atoms with Gasteiger partial charge in [-0.1, -0.05) is 27.7 Å². The fourth-order valence-corrected chi connectivity index (χ4v) is 3.51. The molecule has 0 radical (unpaired) electrons. The third kappa shape index (κ3) is 17.1. The zero-order chi connectivity index (χ0) is 28.9. The van der Waals surface area contributed by atoms with Gasteiger partial charge in [-0.25, -0.2) is 0 Å². The van der Waals surface area contributed by atoms with Gasteiger partial charge in [0, 0.05) is 65.0 Å². The molecule has 5 N–H and O–H groups in total. The topological polar surface area (TPSA) is 165 Å². The van der Waals surface area contributed by atoms with Crippen LogP contribution in [0.4, 0.5) is 0 Å². The Balaban J connectivity index is 3.00. The summed E-state index contributed by atoms with van der Waals surface area (Å²) in [5, 5.41) is 17.0. The molecule has 0 saturated carbocycles. The smallest absolute Gasteiger partial charge is 0.305 e. The number of carbonyl (C=O) groups excluding carboxylic acids is 4. The van der Waals surface area contributed by atoms with E-state index >= 15 is 0 Å². The Labute approximate surface area is 232 Å². The van der Waals surface area contributed by atoms with Crippen molar-refractivity contribution in [2.24, 2.45) is 0 Å². The van der Waals surface area contributed by atoms with Crippen LogP contribution in [0.2, 0.25) is 0 Å². The van der Waals surface area contributed by atoms with Crippen LogP contribution < -0.4 is 26.6 Å². The van der Waals surface area contributed by atoms with Crippen molar-refractivity contribution in [3.63, 3.8) is 0 Å². The first-order valence-electron chi connectivity index (χ1n) is 14.1. The molecule has 1 rings (SSSR count). The van der Waals surface area contributed by atoms with E-state index in [4.69, 9.17) is 18.9 Å². The van der Waals surface area contributed by atoms with Crippen LogP contribution in [0.3, 0.4) is 0 Å². The van der Waals surface area contributed by atoms with Crippen molar-refractivity contribution >= 4 is 23.9 Å². The highest BCUT2D eigenvalue weighted by Gasteiger charge is 2.21. The quantitative estimate of drug-likeness (QED) is 0.150. The highest BCUT2D eigenvalue weighted by Crippen LogP contribution is 1.98. The summed E-state index contributed by atoms with van der Waals surface area (Å²) in [5.41, 5.74) is 0. The van der Waals surface area contributed by atoms with Gasteiger partial charge in [0.1, 0.15) is 26.4 Å². The third-order valence-electron chi connectivity index (χ3n) is 6.02. The predicted octanol–water partition coefficient (Wildman–Crippen LogP) is -0.765. The standard InChI is InChI=1S/C26H49N5O8/c1-5-23(32)36-15-19-11-27-9-10-28-20(16-37-24(33)6-2)12-30-22(18-39-26(35)8-4)14-31-21(13-29-19)17-38-25(34)7-3/h19-22,27-31H,5-18H2,1-4H3/t19?,20-,21-,22-/m1/s1. The van der Waals surface area contributed by atoms with Gasteiger partial charge in [-0.2, -0.15) is 0 Å². The predicted molar refractivity (Wildman–Crippen MR) is 145 cm³/mol. The minimum Gasteiger partial charge on any atom is -0.464 e. The summed E-state index contributed by atoms with van der Waals surface area (Å²) in [4.78, 5) is 47.1. The van der Waals surface area contributed by atoms with Gasteiger partial charge in [0.15, 0.2) is 0 Å². The van der Waals surface area contributed by atoms with Gasteiger partial charge < -0.3 is 45.5 Å². The molecular weight excluding hydrogens is 510 g/mol. The number of ether oxygens (including phenoxy) is 4. The lowest BCUT2D eigenvalue weighted by atomic mass is 10.2. The molecule has 0 spiro atoms. The monoisotopic (exact) mass is 559 g/mol. The minimum atomic E-state index is -0.301. The first-order valence-corrected chi connectivity index (χ1v) is 14.1. The zero-order valence-corrected chi connectivity index (χ0v) is 24.0. The van der Waals surface area contributed by atoms with E-state index in [1.54, 1.807) is 27.7 Å². The molecule has 226 valence electrons. The second-order valence-electron chi connectivity index (χ2n) is 9.32. The molecule has 0 aliphatic carbocycles. The molecule has 0 aromatic rings. The van der Waals surface area contributed by atoms with E-state index < -0.39 is 0 Å². The molecule has 1 unspecified atom stereocenters. The molecule has 1 saturated heterocycles. The van der Waals surface area contributed by atoms with Gasteiger partial charge in [-0.05, 0) is 0 Å². The van der Waals surface area contributed by atoms with E-state index in [2.05, 4.69) is 26.6 Å². The van der Waals surface area contributed by atoms with Crippen molar-refractivity contribution in [1.82, 2.24) is 26.6 Å². The maximum atomic E-state index is 11.8. The first-order chi connectivity index (χ1) is 18.8. The second-order valence-corrected chi connectivity index (χ2v) is 9.32. The molecule has 1 aliphatic heterocycles. The van der Waals surface area contributed by atoms with Gasteiger partial charge in [0.25, 0.3) is 0 Å². The van der Waals surface area contributed by atoms with Crippen molar-refractivity contribution in [3.8, 4) is 0 Å². The lowest BCUT2D eigenvalue weighted by molar-refractivity contribution is -0.145. The third-order valence-corrected chi connectivity index (χ3v) is 6.02. The average Bonchev–Trinajstić information content (AvgIpc) is 2.96. The second kappa shape index (κ2) is 21.5. The molecule has 0 aromatic heterocycles. The number of hydrogen-bond donors (Lipinski definition) is 5. The molecule has 1 aliphatic rings. The normalized spacial score (nSPS) is 23.5. The maximum absolute atomic E-state index is 11.8. The highest BCUT2D eigenvalue weighted by atomic mass is 16.5. The van der Waals surface area contributed by atoms with E-state index in [-0.39, 0.29) is 87.3 Å². The molecule has 0 amide bonds. The number of carbonyl (C=O) groups is 4. The van der Waals surface area contributed by atoms with Crippen LogP contribution in [0.5, 0.6) is 0 Å². The average molecular weight is 560 g/mol. The van der Waals surface area contributed by atoms with E-state index in [0.29, 0.717) is 52.1 Å². The van der Waals surface area contributed by atoms with E-state index in [0.717, 1.165) is 0 Å². The van der Waals surface area contributed by atoms with E-state index in [1.807, 2.05) is 0 Å². The summed E-state index contributed by atoms with van der Waals surface area (Å²) in [5.74, 6) is -1.16. The van der Waals surface area contributed by atoms with Crippen LogP contribution in [0, 0.1) is 0 Å². The molecule has 4 atom stereocenters. The Morgan fingerprint density at radius 2 is 0.795 bits per heavy atom. The van der Waals surface area contributed by atoms with E-state index in [9.17, 15) is 19.2 Å². The van der Waals surface area contributed by atoms with Crippen LogP contribution in [0.25, 0.3) is 0 Å². The number of rotatable bonds is 12. The van der Waals surface area contributed by atoms with Crippen LogP contribution in [0.15, 0.2) is 0 Å². The Bertz CT molecular complexity index is 668. The summed E-state index contributed by atoms with van der Waals surface area (Å²) in [6.07, 6.45) is 1.13. The number of nitrogens with one attached hydrogen (secondary N) is 5. The molecule has 1 fully saturated rings. The number of hydrogen-bond acceptors (Lipinski definition) is 13. The first kappa shape index (κ1) is 34.7. The van der Waals surface area contributed by atoms with Crippen molar-refractivity contribution in [3.05, 3.63) is 0 Å². The van der Waals surface area contributed by atoms with Crippen molar-refractivity contribution < 1.29 is 38.1 Å². The van der Waals surface area contributed by atoms with Crippen molar-refractivity contribution in [2.75, 3.05) is 65.7 Å². The summed E-state index contributed by atoms with van der Waals surface area (Å²) < 4.78 is 21.5. The summed E-state index contributed by atoms with van der Waals surface area (Å²) in [7, 11) is 0. The Morgan fingerprint density at radius 1 is 0.487 bits per heavy atom. The highest BCUT2D eigenvalue weighted by molar-refractivity contribution is 5.69. The van der Waals surface area contributed by atoms with Gasteiger partial charge >= 0.3 is 23.9 Å². The van der Waals surface area contributed by atoms with Crippen LogP contribution >= 0.6 is 0 Å². The Kier molecular flexibility index (Phi) is 19.1. The molecule has 13 heteroatoms. The SMILES string of the molecule is CCC(=O)OCC1CNCCN[C@@H](COC(=O)CC)CN[C@@H](COC(=O)CC)CN[C@@H](COC(=O)CC)CN1. The summed E-state index contributed by atoms with van der Waals surface area (Å²) >= 11 is 0. The molecule has 0 bridgehead atoms.